The largest absolute Gasteiger partial charge is 0.481 e. The summed E-state index contributed by atoms with van der Waals surface area (Å²) < 4.78 is 24.3. The predicted octanol–water partition coefficient (Wildman–Crippen LogP) is 4.67. The molecule has 152 valence electrons. The van der Waals surface area contributed by atoms with Gasteiger partial charge < -0.3 is 14.5 Å². The zero-order chi connectivity index (χ0) is 19.9. The minimum atomic E-state index is -0.484. The third-order valence-corrected chi connectivity index (χ3v) is 5.68. The third-order valence-electron chi connectivity index (χ3n) is 4.74. The van der Waals surface area contributed by atoms with Gasteiger partial charge in [-0.25, -0.2) is 4.39 Å². The van der Waals surface area contributed by atoms with Crippen LogP contribution >= 0.6 is 11.8 Å². The Balaban J connectivity index is 1.51. The average molecular weight is 408 g/mol. The molecule has 1 heterocycles. The van der Waals surface area contributed by atoms with Gasteiger partial charge >= 0.3 is 0 Å². The van der Waals surface area contributed by atoms with E-state index < -0.39 is 6.10 Å². The number of rotatable bonds is 7. The number of hydrogen-bond donors (Lipinski definition) is 1. The van der Waals surface area contributed by atoms with Gasteiger partial charge in [-0.3, -0.25) is 4.79 Å². The molecule has 1 amide bonds. The number of benzene rings is 1. The summed E-state index contributed by atoms with van der Waals surface area (Å²) in [6, 6.07) is 5.99. The van der Waals surface area contributed by atoms with Crippen LogP contribution in [0.3, 0.4) is 0 Å². The van der Waals surface area contributed by atoms with Crippen molar-refractivity contribution in [3.63, 3.8) is 0 Å². The molecule has 0 aliphatic heterocycles. The van der Waals surface area contributed by atoms with Crippen LogP contribution in [-0.2, 0) is 4.79 Å². The van der Waals surface area contributed by atoms with Gasteiger partial charge in [0.1, 0.15) is 11.6 Å². The lowest BCUT2D eigenvalue weighted by molar-refractivity contribution is -0.121. The maximum Gasteiger partial charge on any atom is 0.277 e. The molecule has 0 unspecified atom stereocenters. The first-order valence-electron chi connectivity index (χ1n) is 9.74. The van der Waals surface area contributed by atoms with E-state index >= 15 is 0 Å². The van der Waals surface area contributed by atoms with Crippen molar-refractivity contribution in [2.45, 2.75) is 75.0 Å². The highest BCUT2D eigenvalue weighted by Crippen LogP contribution is 2.27. The number of carbonyl (C=O) groups excluding carboxylic acids is 1. The summed E-state index contributed by atoms with van der Waals surface area (Å²) in [6.45, 7) is 3.60. The number of nitrogens with zero attached hydrogens (tertiary/aromatic N) is 2. The molecule has 0 spiro atoms. The fourth-order valence-electron chi connectivity index (χ4n) is 3.15. The quantitative estimate of drug-likeness (QED) is 0.531. The van der Waals surface area contributed by atoms with Crippen LogP contribution in [0.5, 0.6) is 5.75 Å². The Bertz CT molecular complexity index is 760. The van der Waals surface area contributed by atoms with Crippen LogP contribution in [0.1, 0.15) is 64.4 Å². The maximum absolute atomic E-state index is 13.0. The van der Waals surface area contributed by atoms with E-state index in [4.69, 9.17) is 9.15 Å². The van der Waals surface area contributed by atoms with Crippen molar-refractivity contribution in [1.29, 1.82) is 0 Å². The summed E-state index contributed by atoms with van der Waals surface area (Å²) in [6.07, 6.45) is 6.45. The molecule has 8 heteroatoms. The molecular weight excluding hydrogens is 381 g/mol. The zero-order valence-corrected chi connectivity index (χ0v) is 17.0. The van der Waals surface area contributed by atoms with Gasteiger partial charge in [-0.2, -0.15) is 0 Å². The highest BCUT2D eigenvalue weighted by Gasteiger charge is 2.23. The zero-order valence-electron chi connectivity index (χ0n) is 16.2. The molecule has 1 N–H and O–H groups in total. The molecule has 1 aliphatic carbocycles. The second-order valence-corrected chi connectivity index (χ2v) is 8.37. The van der Waals surface area contributed by atoms with E-state index in [-0.39, 0.29) is 23.0 Å². The second-order valence-electron chi connectivity index (χ2n) is 7.08. The first-order chi connectivity index (χ1) is 13.5. The highest BCUT2D eigenvalue weighted by molar-refractivity contribution is 8.00. The Morgan fingerprint density at radius 1 is 1.18 bits per heavy atom. The topological polar surface area (TPSA) is 77.2 Å². The summed E-state index contributed by atoms with van der Waals surface area (Å²) in [5.74, 6) is 0.487. The number of thioether (sulfide) groups is 1. The number of hydrogen-bond acceptors (Lipinski definition) is 6. The number of ether oxygens (including phenoxy) is 1. The third kappa shape index (κ3) is 5.95. The van der Waals surface area contributed by atoms with Gasteiger partial charge in [0.2, 0.25) is 5.91 Å². The van der Waals surface area contributed by atoms with Crippen molar-refractivity contribution in [2.24, 2.45) is 0 Å². The predicted molar refractivity (Wildman–Crippen MR) is 105 cm³/mol. The van der Waals surface area contributed by atoms with Crippen molar-refractivity contribution in [3.05, 3.63) is 36.0 Å². The lowest BCUT2D eigenvalue weighted by Crippen LogP contribution is -2.39. The number of carbonyl (C=O) groups is 1. The molecule has 1 aliphatic rings. The SMILES string of the molecule is C[C@@H](Sc1nnc([C@@H](C)Oc2ccc(F)cc2)o1)C(=O)NC1CCCCCC1. The van der Waals surface area contributed by atoms with E-state index in [1.807, 2.05) is 6.92 Å². The summed E-state index contributed by atoms with van der Waals surface area (Å²) in [4.78, 5) is 12.5. The Kier molecular flexibility index (Phi) is 7.30. The standard InChI is InChI=1S/C20H26FN3O3S/c1-13(26-17-11-9-15(21)10-12-17)19-23-24-20(27-19)28-14(2)18(25)22-16-7-5-3-4-6-8-16/h9-14,16H,3-8H2,1-2H3,(H,22,25)/t13-,14-/m1/s1. The molecule has 0 bridgehead atoms. The Hall–Kier alpha value is -2.09. The van der Waals surface area contributed by atoms with Gasteiger partial charge in [-0.05, 0) is 51.0 Å². The average Bonchev–Trinajstić information content (AvgIpc) is 2.99. The van der Waals surface area contributed by atoms with E-state index in [1.165, 1.54) is 61.7 Å². The molecule has 0 saturated heterocycles. The van der Waals surface area contributed by atoms with Crippen molar-refractivity contribution in [1.82, 2.24) is 15.5 Å². The minimum absolute atomic E-state index is 0.00717. The van der Waals surface area contributed by atoms with Crippen LogP contribution in [-0.4, -0.2) is 27.4 Å². The first kappa shape index (κ1) is 20.6. The molecule has 2 atom stereocenters. The Morgan fingerprint density at radius 2 is 1.86 bits per heavy atom. The lowest BCUT2D eigenvalue weighted by atomic mass is 10.1. The van der Waals surface area contributed by atoms with Crippen molar-refractivity contribution < 1.29 is 18.3 Å². The van der Waals surface area contributed by atoms with Crippen LogP contribution in [0.4, 0.5) is 4.39 Å². The van der Waals surface area contributed by atoms with E-state index in [0.29, 0.717) is 16.9 Å². The Labute approximate surface area is 168 Å². The summed E-state index contributed by atoms with van der Waals surface area (Å²) in [5.41, 5.74) is 0. The van der Waals surface area contributed by atoms with Crippen LogP contribution in [0.2, 0.25) is 0 Å². The maximum atomic E-state index is 13.0. The molecule has 2 aromatic rings. The molecule has 1 aromatic carbocycles. The molecule has 1 aromatic heterocycles. The van der Waals surface area contributed by atoms with Gasteiger partial charge in [0, 0.05) is 6.04 Å². The normalized spacial score (nSPS) is 17.5. The molecule has 1 saturated carbocycles. The van der Waals surface area contributed by atoms with E-state index in [2.05, 4.69) is 15.5 Å². The number of nitrogens with one attached hydrogen (secondary N) is 1. The molecular formula is C20H26FN3O3S. The van der Waals surface area contributed by atoms with E-state index in [9.17, 15) is 9.18 Å². The van der Waals surface area contributed by atoms with E-state index in [0.717, 1.165) is 12.8 Å². The monoisotopic (exact) mass is 407 g/mol. The van der Waals surface area contributed by atoms with E-state index in [1.54, 1.807) is 6.92 Å². The van der Waals surface area contributed by atoms with Crippen molar-refractivity contribution in [3.8, 4) is 5.75 Å². The molecule has 0 radical (unpaired) electrons. The smallest absolute Gasteiger partial charge is 0.277 e. The molecule has 1 fully saturated rings. The summed E-state index contributed by atoms with van der Waals surface area (Å²) in [5, 5.41) is 11.1. The number of halogens is 1. The van der Waals surface area contributed by atoms with Gasteiger partial charge in [0.15, 0.2) is 6.10 Å². The second kappa shape index (κ2) is 9.91. The summed E-state index contributed by atoms with van der Waals surface area (Å²) >= 11 is 1.23. The number of amides is 1. The van der Waals surface area contributed by atoms with Crippen LogP contribution < -0.4 is 10.1 Å². The fraction of sp³-hybridized carbons (Fsp3) is 0.550. The van der Waals surface area contributed by atoms with Crippen LogP contribution in [0, 0.1) is 5.82 Å². The summed E-state index contributed by atoms with van der Waals surface area (Å²) in [7, 11) is 0. The molecule has 3 rings (SSSR count). The highest BCUT2D eigenvalue weighted by atomic mass is 32.2. The molecule has 6 nitrogen and oxygen atoms in total. The van der Waals surface area contributed by atoms with Gasteiger partial charge in [0.25, 0.3) is 11.1 Å². The first-order valence-corrected chi connectivity index (χ1v) is 10.6. The number of aromatic nitrogens is 2. The van der Waals surface area contributed by atoms with Crippen molar-refractivity contribution in [2.75, 3.05) is 0 Å². The lowest BCUT2D eigenvalue weighted by Gasteiger charge is -2.18. The minimum Gasteiger partial charge on any atom is -0.481 e. The van der Waals surface area contributed by atoms with Gasteiger partial charge in [0.05, 0.1) is 5.25 Å². The van der Waals surface area contributed by atoms with Gasteiger partial charge in [-0.15, -0.1) is 10.2 Å². The van der Waals surface area contributed by atoms with Crippen LogP contribution in [0.25, 0.3) is 0 Å². The van der Waals surface area contributed by atoms with Gasteiger partial charge in [-0.1, -0.05) is 37.4 Å². The molecule has 28 heavy (non-hydrogen) atoms. The Morgan fingerprint density at radius 3 is 2.54 bits per heavy atom. The van der Waals surface area contributed by atoms with Crippen LogP contribution in [0.15, 0.2) is 33.9 Å². The van der Waals surface area contributed by atoms with Crippen molar-refractivity contribution >= 4 is 17.7 Å². The fourth-order valence-corrected chi connectivity index (χ4v) is 3.85.